The van der Waals surface area contributed by atoms with Gasteiger partial charge in [0.05, 0.1) is 21.3 Å². The molecule has 0 spiro atoms. The first kappa shape index (κ1) is 18.5. The number of methoxy groups -OCH3 is 3. The summed E-state index contributed by atoms with van der Waals surface area (Å²) in [5.74, 6) is 1.82. The van der Waals surface area contributed by atoms with Gasteiger partial charge in [0.15, 0.2) is 11.5 Å². The van der Waals surface area contributed by atoms with Crippen LogP contribution in [0.25, 0.3) is 6.08 Å². The van der Waals surface area contributed by atoms with Crippen LogP contribution in [0.2, 0.25) is 0 Å². The predicted molar refractivity (Wildman–Crippen MR) is 105 cm³/mol. The summed E-state index contributed by atoms with van der Waals surface area (Å²) in [7, 11) is 4.64. The number of carbonyl (C=O) groups is 1. The van der Waals surface area contributed by atoms with Gasteiger partial charge < -0.3 is 19.5 Å². The van der Waals surface area contributed by atoms with E-state index in [9.17, 15) is 4.79 Å². The number of nitrogens with zero attached hydrogens (tertiary/aromatic N) is 1. The lowest BCUT2D eigenvalue weighted by Gasteiger charge is -2.12. The van der Waals surface area contributed by atoms with Crippen molar-refractivity contribution >= 4 is 17.8 Å². The average Bonchev–Trinajstić information content (AvgIpc) is 3.03. The van der Waals surface area contributed by atoms with Gasteiger partial charge in [0.1, 0.15) is 11.5 Å². The molecule has 2 aromatic rings. The first-order valence-corrected chi connectivity index (χ1v) is 8.46. The summed E-state index contributed by atoms with van der Waals surface area (Å²) in [6.07, 6.45) is 1.69. The Morgan fingerprint density at radius 2 is 1.59 bits per heavy atom. The third-order valence-electron chi connectivity index (χ3n) is 4.47. The number of hydrogen-bond donors (Lipinski definition) is 1. The minimum atomic E-state index is -0.253. The maximum absolute atomic E-state index is 12.4. The molecule has 1 aliphatic rings. The van der Waals surface area contributed by atoms with Crippen molar-refractivity contribution < 1.29 is 19.0 Å². The van der Waals surface area contributed by atoms with Crippen LogP contribution in [0.1, 0.15) is 22.3 Å². The highest BCUT2D eigenvalue weighted by atomic mass is 16.5. The van der Waals surface area contributed by atoms with Crippen LogP contribution >= 0.6 is 0 Å². The van der Waals surface area contributed by atoms with Crippen molar-refractivity contribution in [3.63, 3.8) is 0 Å². The predicted octanol–water partition coefficient (Wildman–Crippen LogP) is 3.25. The second-order valence-corrected chi connectivity index (χ2v) is 6.20. The first-order valence-electron chi connectivity index (χ1n) is 8.46. The van der Waals surface area contributed by atoms with Crippen LogP contribution in [0.4, 0.5) is 0 Å². The summed E-state index contributed by atoms with van der Waals surface area (Å²) in [6, 6.07) is 9.51. The maximum Gasteiger partial charge on any atom is 0.275 e. The van der Waals surface area contributed by atoms with E-state index in [-0.39, 0.29) is 5.91 Å². The fourth-order valence-electron chi connectivity index (χ4n) is 2.84. The number of hydrogen-bond acceptors (Lipinski definition) is 5. The molecule has 0 aliphatic carbocycles. The van der Waals surface area contributed by atoms with E-state index in [1.165, 1.54) is 5.56 Å². The second kappa shape index (κ2) is 7.53. The molecular weight excluding hydrogens is 344 g/mol. The molecule has 2 aromatic carbocycles. The van der Waals surface area contributed by atoms with Gasteiger partial charge in [-0.2, -0.15) is 0 Å². The van der Waals surface area contributed by atoms with E-state index in [1.807, 2.05) is 32.0 Å². The summed E-state index contributed by atoms with van der Waals surface area (Å²) in [5.41, 5.74) is 4.25. The summed E-state index contributed by atoms with van der Waals surface area (Å²) in [5, 5.41) is 2.82. The van der Waals surface area contributed by atoms with E-state index in [2.05, 4.69) is 10.3 Å². The SMILES string of the molecule is COc1cc(/C=C2/N=C(c3ccc(C)c(C)c3)NC2=O)cc(OC)c1OC. The molecule has 6 nitrogen and oxygen atoms in total. The highest BCUT2D eigenvalue weighted by Crippen LogP contribution is 2.38. The Morgan fingerprint density at radius 1 is 0.926 bits per heavy atom. The molecule has 0 bridgehead atoms. The van der Waals surface area contributed by atoms with Crippen LogP contribution < -0.4 is 19.5 Å². The molecule has 0 aromatic heterocycles. The lowest BCUT2D eigenvalue weighted by atomic mass is 10.1. The quantitative estimate of drug-likeness (QED) is 0.825. The van der Waals surface area contributed by atoms with Crippen LogP contribution in [-0.4, -0.2) is 33.1 Å². The molecular formula is C21H22N2O4. The standard InChI is InChI=1S/C21H22N2O4/c1-12-6-7-15(8-13(12)2)20-22-16(21(24)23-20)9-14-10-17(25-3)19(27-5)18(11-14)26-4/h6-11H,1-5H3,(H,22,23,24)/b16-9+. The molecule has 1 aliphatic heterocycles. The molecule has 3 rings (SSSR count). The Bertz CT molecular complexity index is 936. The molecule has 0 saturated heterocycles. The average molecular weight is 366 g/mol. The smallest absolute Gasteiger partial charge is 0.275 e. The maximum atomic E-state index is 12.4. The topological polar surface area (TPSA) is 69.2 Å². The normalized spacial score (nSPS) is 14.8. The fraction of sp³-hybridized carbons (Fsp3) is 0.238. The van der Waals surface area contributed by atoms with Crippen molar-refractivity contribution in [3.05, 3.63) is 58.3 Å². The largest absolute Gasteiger partial charge is 0.493 e. The molecule has 6 heteroatoms. The second-order valence-electron chi connectivity index (χ2n) is 6.20. The Kier molecular flexibility index (Phi) is 5.16. The van der Waals surface area contributed by atoms with Gasteiger partial charge in [-0.25, -0.2) is 4.99 Å². The number of benzene rings is 2. The van der Waals surface area contributed by atoms with Gasteiger partial charge in [-0.15, -0.1) is 0 Å². The third-order valence-corrected chi connectivity index (χ3v) is 4.47. The Morgan fingerprint density at radius 3 is 2.15 bits per heavy atom. The van der Waals surface area contributed by atoms with Crippen LogP contribution in [0.15, 0.2) is 41.0 Å². The summed E-state index contributed by atoms with van der Waals surface area (Å²) >= 11 is 0. The van der Waals surface area contributed by atoms with E-state index >= 15 is 0 Å². The minimum Gasteiger partial charge on any atom is -0.493 e. The van der Waals surface area contributed by atoms with Gasteiger partial charge >= 0.3 is 0 Å². The van der Waals surface area contributed by atoms with Crippen LogP contribution in [0.5, 0.6) is 17.2 Å². The van der Waals surface area contributed by atoms with Crippen LogP contribution in [-0.2, 0) is 4.79 Å². The lowest BCUT2D eigenvalue weighted by Crippen LogP contribution is -2.24. The highest BCUT2D eigenvalue weighted by molar-refractivity contribution is 6.19. The van der Waals surface area contributed by atoms with Crippen molar-refractivity contribution in [2.75, 3.05) is 21.3 Å². The van der Waals surface area contributed by atoms with E-state index in [0.29, 0.717) is 28.8 Å². The summed E-state index contributed by atoms with van der Waals surface area (Å²) in [4.78, 5) is 16.8. The van der Waals surface area contributed by atoms with E-state index < -0.39 is 0 Å². The van der Waals surface area contributed by atoms with Crippen molar-refractivity contribution in [3.8, 4) is 17.2 Å². The van der Waals surface area contributed by atoms with Crippen molar-refractivity contribution in [2.45, 2.75) is 13.8 Å². The molecule has 1 N–H and O–H groups in total. The van der Waals surface area contributed by atoms with E-state index in [0.717, 1.165) is 16.7 Å². The molecule has 140 valence electrons. The Hall–Kier alpha value is -3.28. The lowest BCUT2D eigenvalue weighted by molar-refractivity contribution is -0.115. The number of rotatable bonds is 5. The molecule has 1 heterocycles. The molecule has 1 amide bonds. The van der Waals surface area contributed by atoms with Crippen molar-refractivity contribution in [1.29, 1.82) is 0 Å². The van der Waals surface area contributed by atoms with Gasteiger partial charge in [0, 0.05) is 5.56 Å². The zero-order chi connectivity index (χ0) is 19.6. The Balaban J connectivity index is 2.00. The van der Waals surface area contributed by atoms with E-state index in [4.69, 9.17) is 14.2 Å². The highest BCUT2D eigenvalue weighted by Gasteiger charge is 2.22. The fourth-order valence-corrected chi connectivity index (χ4v) is 2.84. The molecule has 0 fully saturated rings. The van der Waals surface area contributed by atoms with Crippen molar-refractivity contribution in [2.24, 2.45) is 4.99 Å². The molecule has 27 heavy (non-hydrogen) atoms. The first-order chi connectivity index (χ1) is 13.0. The molecule has 0 saturated carbocycles. The van der Waals surface area contributed by atoms with Crippen molar-refractivity contribution in [1.82, 2.24) is 5.32 Å². The van der Waals surface area contributed by atoms with E-state index in [1.54, 1.807) is 39.5 Å². The minimum absolute atomic E-state index is 0.253. The monoisotopic (exact) mass is 366 g/mol. The third kappa shape index (κ3) is 3.65. The number of aryl methyl sites for hydroxylation is 2. The summed E-state index contributed by atoms with van der Waals surface area (Å²) < 4.78 is 16.0. The Labute approximate surface area is 158 Å². The number of amidine groups is 1. The molecule has 0 unspecified atom stereocenters. The number of amides is 1. The number of ether oxygens (including phenoxy) is 3. The van der Waals surface area contributed by atoms with Crippen LogP contribution in [0, 0.1) is 13.8 Å². The molecule has 0 radical (unpaired) electrons. The zero-order valence-electron chi connectivity index (χ0n) is 16.0. The van der Waals surface area contributed by atoms with Gasteiger partial charge in [-0.05, 0) is 54.8 Å². The number of nitrogens with one attached hydrogen (secondary N) is 1. The van der Waals surface area contributed by atoms with Gasteiger partial charge in [0.2, 0.25) is 5.75 Å². The van der Waals surface area contributed by atoms with Gasteiger partial charge in [0.25, 0.3) is 5.91 Å². The summed E-state index contributed by atoms with van der Waals surface area (Å²) in [6.45, 7) is 4.08. The van der Waals surface area contributed by atoms with Gasteiger partial charge in [-0.1, -0.05) is 12.1 Å². The number of carbonyl (C=O) groups excluding carboxylic acids is 1. The number of aliphatic imine (C=N–C) groups is 1. The zero-order valence-corrected chi connectivity index (χ0v) is 16.0. The van der Waals surface area contributed by atoms with Gasteiger partial charge in [-0.3, -0.25) is 4.79 Å². The van der Waals surface area contributed by atoms with Crippen LogP contribution in [0.3, 0.4) is 0 Å². The molecule has 0 atom stereocenters.